The maximum atomic E-state index is 12.6. The lowest BCUT2D eigenvalue weighted by Crippen LogP contribution is -2.49. The molecule has 6 nitrogen and oxygen atoms in total. The molecule has 1 amide bonds. The average Bonchev–Trinajstić information content (AvgIpc) is 3.16. The Kier molecular flexibility index (Phi) is 5.04. The van der Waals surface area contributed by atoms with Crippen molar-refractivity contribution in [2.45, 2.75) is 25.2 Å². The molecule has 2 aromatic carbocycles. The topological polar surface area (TPSA) is 66.0 Å². The number of carbonyl (C=O) groups is 1. The van der Waals surface area contributed by atoms with E-state index < -0.39 is 0 Å². The summed E-state index contributed by atoms with van der Waals surface area (Å²) in [6.07, 6.45) is 0.539. The zero-order chi connectivity index (χ0) is 17.8. The summed E-state index contributed by atoms with van der Waals surface area (Å²) >= 11 is 0. The van der Waals surface area contributed by atoms with Crippen molar-refractivity contribution in [1.82, 2.24) is 5.32 Å². The van der Waals surface area contributed by atoms with Gasteiger partial charge in [0, 0.05) is 12.2 Å². The number of ether oxygens (including phenoxy) is 4. The van der Waals surface area contributed by atoms with Crippen LogP contribution in [0.3, 0.4) is 0 Å². The number of benzene rings is 2. The van der Waals surface area contributed by atoms with Gasteiger partial charge in [0.15, 0.2) is 11.5 Å². The van der Waals surface area contributed by atoms with Crippen LogP contribution in [0.15, 0.2) is 48.5 Å². The predicted molar refractivity (Wildman–Crippen MR) is 94.3 cm³/mol. The summed E-state index contributed by atoms with van der Waals surface area (Å²) in [4.78, 5) is 12.6. The van der Waals surface area contributed by atoms with Gasteiger partial charge in [0.2, 0.25) is 6.79 Å². The number of amides is 1. The van der Waals surface area contributed by atoms with E-state index in [9.17, 15) is 4.79 Å². The molecule has 1 N–H and O–H groups in total. The Morgan fingerprint density at radius 2 is 1.96 bits per heavy atom. The SMILES string of the molecule is O=C(N[C@@H]1CCOC[C@H]1OCc1ccccc1)c1ccc2c(c1)OCO2. The molecule has 0 unspecified atom stereocenters. The quantitative estimate of drug-likeness (QED) is 0.893. The van der Waals surface area contributed by atoms with Gasteiger partial charge in [-0.2, -0.15) is 0 Å². The van der Waals surface area contributed by atoms with Crippen LogP contribution in [0.4, 0.5) is 0 Å². The van der Waals surface area contributed by atoms with Gasteiger partial charge in [0.1, 0.15) is 6.10 Å². The lowest BCUT2D eigenvalue weighted by atomic mass is 10.0. The minimum Gasteiger partial charge on any atom is -0.454 e. The second kappa shape index (κ2) is 7.76. The molecule has 2 aliphatic rings. The zero-order valence-electron chi connectivity index (χ0n) is 14.4. The molecule has 1 fully saturated rings. The van der Waals surface area contributed by atoms with Crippen molar-refractivity contribution in [3.05, 3.63) is 59.7 Å². The summed E-state index contributed by atoms with van der Waals surface area (Å²) in [5, 5.41) is 3.07. The first-order chi connectivity index (χ1) is 12.8. The predicted octanol–water partition coefficient (Wildman–Crippen LogP) is 2.52. The van der Waals surface area contributed by atoms with Crippen LogP contribution < -0.4 is 14.8 Å². The Morgan fingerprint density at radius 3 is 2.85 bits per heavy atom. The highest BCUT2D eigenvalue weighted by Crippen LogP contribution is 2.32. The fourth-order valence-corrected chi connectivity index (χ4v) is 3.11. The smallest absolute Gasteiger partial charge is 0.251 e. The van der Waals surface area contributed by atoms with Crippen LogP contribution in [0, 0.1) is 0 Å². The monoisotopic (exact) mass is 355 g/mol. The van der Waals surface area contributed by atoms with Crippen LogP contribution in [0.5, 0.6) is 11.5 Å². The molecule has 2 aliphatic heterocycles. The van der Waals surface area contributed by atoms with Gasteiger partial charge in [-0.25, -0.2) is 0 Å². The number of nitrogens with one attached hydrogen (secondary N) is 1. The van der Waals surface area contributed by atoms with E-state index in [0.29, 0.717) is 36.9 Å². The molecule has 4 rings (SSSR count). The average molecular weight is 355 g/mol. The van der Waals surface area contributed by atoms with E-state index in [4.69, 9.17) is 18.9 Å². The maximum absolute atomic E-state index is 12.6. The molecular weight excluding hydrogens is 334 g/mol. The lowest BCUT2D eigenvalue weighted by molar-refractivity contribution is -0.0736. The summed E-state index contributed by atoms with van der Waals surface area (Å²) in [5.41, 5.74) is 1.64. The minimum atomic E-state index is -0.179. The van der Waals surface area contributed by atoms with E-state index >= 15 is 0 Å². The minimum absolute atomic E-state index is 0.0922. The van der Waals surface area contributed by atoms with Gasteiger partial charge < -0.3 is 24.3 Å². The van der Waals surface area contributed by atoms with E-state index in [2.05, 4.69) is 5.32 Å². The fourth-order valence-electron chi connectivity index (χ4n) is 3.11. The molecule has 0 radical (unpaired) electrons. The van der Waals surface area contributed by atoms with Gasteiger partial charge in [0.25, 0.3) is 5.91 Å². The van der Waals surface area contributed by atoms with Gasteiger partial charge in [-0.1, -0.05) is 30.3 Å². The van der Waals surface area contributed by atoms with Crippen molar-refractivity contribution in [1.29, 1.82) is 0 Å². The molecule has 0 spiro atoms. The van der Waals surface area contributed by atoms with E-state index in [-0.39, 0.29) is 24.8 Å². The highest BCUT2D eigenvalue weighted by Gasteiger charge is 2.28. The van der Waals surface area contributed by atoms with Crippen LogP contribution in [0.1, 0.15) is 22.3 Å². The molecule has 2 atom stereocenters. The molecule has 26 heavy (non-hydrogen) atoms. The molecule has 2 heterocycles. The fraction of sp³-hybridized carbons (Fsp3) is 0.350. The largest absolute Gasteiger partial charge is 0.454 e. The molecule has 0 bridgehead atoms. The van der Waals surface area contributed by atoms with Gasteiger partial charge in [-0.15, -0.1) is 0 Å². The van der Waals surface area contributed by atoms with Crippen LogP contribution in [-0.2, 0) is 16.1 Å². The van der Waals surface area contributed by atoms with E-state index in [1.165, 1.54) is 0 Å². The van der Waals surface area contributed by atoms with Crippen molar-refractivity contribution in [2.75, 3.05) is 20.0 Å². The van der Waals surface area contributed by atoms with Crippen LogP contribution in [0.25, 0.3) is 0 Å². The van der Waals surface area contributed by atoms with Crippen molar-refractivity contribution < 1.29 is 23.7 Å². The van der Waals surface area contributed by atoms with Gasteiger partial charge >= 0.3 is 0 Å². The highest BCUT2D eigenvalue weighted by molar-refractivity contribution is 5.95. The van der Waals surface area contributed by atoms with Crippen molar-refractivity contribution >= 4 is 5.91 Å². The molecule has 0 aromatic heterocycles. The normalized spacial score (nSPS) is 21.4. The first-order valence-electron chi connectivity index (χ1n) is 8.73. The highest BCUT2D eigenvalue weighted by atomic mass is 16.7. The molecule has 6 heteroatoms. The summed E-state index contributed by atoms with van der Waals surface area (Å²) < 4.78 is 22.2. The summed E-state index contributed by atoms with van der Waals surface area (Å²) in [6.45, 7) is 1.76. The number of fused-ring (bicyclic) bond motifs is 1. The standard InChI is InChI=1S/C20H21NO5/c22-20(15-6-7-17-18(10-15)26-13-25-17)21-16-8-9-23-12-19(16)24-11-14-4-2-1-3-5-14/h1-7,10,16,19H,8-9,11-13H2,(H,21,22)/t16-,19-/m1/s1. The Hall–Kier alpha value is -2.57. The van der Waals surface area contributed by atoms with Crippen LogP contribution in [-0.4, -0.2) is 38.1 Å². The maximum Gasteiger partial charge on any atom is 0.251 e. The van der Waals surface area contributed by atoms with E-state index in [1.54, 1.807) is 18.2 Å². The molecule has 0 aliphatic carbocycles. The molecular formula is C20H21NO5. The number of rotatable bonds is 5. The second-order valence-electron chi connectivity index (χ2n) is 6.35. The zero-order valence-corrected chi connectivity index (χ0v) is 14.4. The third-order valence-electron chi connectivity index (χ3n) is 4.56. The number of hydrogen-bond donors (Lipinski definition) is 1. The molecule has 136 valence electrons. The molecule has 2 aromatic rings. The van der Waals surface area contributed by atoms with Gasteiger partial charge in [-0.3, -0.25) is 4.79 Å². The molecule has 0 saturated carbocycles. The first kappa shape index (κ1) is 16.9. The van der Waals surface area contributed by atoms with Crippen molar-refractivity contribution in [3.63, 3.8) is 0 Å². The van der Waals surface area contributed by atoms with Crippen molar-refractivity contribution in [2.24, 2.45) is 0 Å². The van der Waals surface area contributed by atoms with E-state index in [1.807, 2.05) is 30.3 Å². The lowest BCUT2D eigenvalue weighted by Gasteiger charge is -2.32. The van der Waals surface area contributed by atoms with Crippen molar-refractivity contribution in [3.8, 4) is 11.5 Å². The third kappa shape index (κ3) is 3.81. The van der Waals surface area contributed by atoms with Gasteiger partial charge in [-0.05, 0) is 30.2 Å². The summed E-state index contributed by atoms with van der Waals surface area (Å²) in [7, 11) is 0. The Labute approximate surface area is 152 Å². The second-order valence-corrected chi connectivity index (χ2v) is 6.35. The van der Waals surface area contributed by atoms with E-state index in [0.717, 1.165) is 12.0 Å². The molecule has 1 saturated heterocycles. The number of hydrogen-bond acceptors (Lipinski definition) is 5. The Balaban J connectivity index is 1.39. The van der Waals surface area contributed by atoms with Crippen LogP contribution in [0.2, 0.25) is 0 Å². The summed E-state index contributed by atoms with van der Waals surface area (Å²) in [6, 6.07) is 15.1. The summed E-state index contributed by atoms with van der Waals surface area (Å²) in [5.74, 6) is 1.11. The first-order valence-corrected chi connectivity index (χ1v) is 8.73. The number of carbonyl (C=O) groups excluding carboxylic acids is 1. The van der Waals surface area contributed by atoms with Crippen LogP contribution >= 0.6 is 0 Å². The van der Waals surface area contributed by atoms with Gasteiger partial charge in [0.05, 0.1) is 19.3 Å². The Morgan fingerprint density at radius 1 is 1.12 bits per heavy atom. The third-order valence-corrected chi connectivity index (χ3v) is 4.56. The Bertz CT molecular complexity index is 764.